The Hall–Kier alpha value is -1.59. The number of carbonyl (C=O) groups excluding carboxylic acids is 1. The van der Waals surface area contributed by atoms with Gasteiger partial charge in [-0.05, 0) is 31.3 Å². The van der Waals surface area contributed by atoms with Crippen LogP contribution in [-0.4, -0.2) is 57.7 Å². The summed E-state index contributed by atoms with van der Waals surface area (Å²) in [6, 6.07) is 7.42. The first kappa shape index (κ1) is 13.8. The van der Waals surface area contributed by atoms with E-state index in [2.05, 4.69) is 10.2 Å². The molecule has 5 nitrogen and oxygen atoms in total. The number of hydrogen-bond donors (Lipinski definition) is 1. The molecular formula is C14H21N3O2. The van der Waals surface area contributed by atoms with E-state index < -0.39 is 0 Å². The number of hydrogen-bond acceptors (Lipinski definition) is 4. The molecule has 1 unspecified atom stereocenters. The van der Waals surface area contributed by atoms with Gasteiger partial charge in [0, 0.05) is 32.4 Å². The molecule has 1 saturated heterocycles. The molecule has 19 heavy (non-hydrogen) atoms. The van der Waals surface area contributed by atoms with Crippen LogP contribution in [0.1, 0.15) is 0 Å². The fourth-order valence-electron chi connectivity index (χ4n) is 2.24. The maximum Gasteiger partial charge on any atom is 0.245 e. The molecule has 1 amide bonds. The van der Waals surface area contributed by atoms with Crippen molar-refractivity contribution in [2.24, 2.45) is 0 Å². The van der Waals surface area contributed by atoms with Gasteiger partial charge in [0.05, 0.1) is 7.11 Å². The van der Waals surface area contributed by atoms with Crippen LogP contribution >= 0.6 is 0 Å². The van der Waals surface area contributed by atoms with Crippen molar-refractivity contribution in [3.63, 3.8) is 0 Å². The van der Waals surface area contributed by atoms with Crippen LogP contribution in [0, 0.1) is 0 Å². The number of amides is 1. The Bertz CT molecular complexity index is 433. The first-order valence-electron chi connectivity index (χ1n) is 6.46. The Morgan fingerprint density at radius 3 is 2.68 bits per heavy atom. The zero-order valence-corrected chi connectivity index (χ0v) is 11.7. The molecule has 0 radical (unpaired) electrons. The highest BCUT2D eigenvalue weighted by Gasteiger charge is 2.28. The van der Waals surface area contributed by atoms with E-state index in [1.165, 1.54) is 0 Å². The summed E-state index contributed by atoms with van der Waals surface area (Å²) in [5, 5.41) is 3.26. The summed E-state index contributed by atoms with van der Waals surface area (Å²) in [5.74, 6) is 0.904. The van der Waals surface area contributed by atoms with Crippen molar-refractivity contribution in [3.05, 3.63) is 24.3 Å². The molecule has 1 N–H and O–H groups in total. The lowest BCUT2D eigenvalue weighted by Gasteiger charge is -2.34. The third kappa shape index (κ3) is 3.05. The minimum Gasteiger partial charge on any atom is -0.497 e. The standard InChI is InChI=1S/C14H21N3O2/c1-16-9-8-15-10-13(16)14(18)17(2)11-4-6-12(19-3)7-5-11/h4-7,13,15H,8-10H2,1-3H3. The Morgan fingerprint density at radius 1 is 1.42 bits per heavy atom. The molecule has 0 saturated carbocycles. The second-order valence-corrected chi connectivity index (χ2v) is 4.80. The molecule has 0 aliphatic carbocycles. The molecule has 1 aromatic rings. The highest BCUT2D eigenvalue weighted by Crippen LogP contribution is 2.19. The number of ether oxygens (including phenoxy) is 1. The van der Waals surface area contributed by atoms with E-state index in [4.69, 9.17) is 4.74 Å². The van der Waals surface area contributed by atoms with Gasteiger partial charge in [0.15, 0.2) is 0 Å². The van der Waals surface area contributed by atoms with Gasteiger partial charge in [0.2, 0.25) is 5.91 Å². The number of anilines is 1. The summed E-state index contributed by atoms with van der Waals surface area (Å²) in [6.07, 6.45) is 0. The number of benzene rings is 1. The molecule has 104 valence electrons. The molecule has 0 bridgehead atoms. The van der Waals surface area contributed by atoms with Crippen LogP contribution in [0.25, 0.3) is 0 Å². The quantitative estimate of drug-likeness (QED) is 0.865. The van der Waals surface area contributed by atoms with Crippen molar-refractivity contribution in [2.45, 2.75) is 6.04 Å². The van der Waals surface area contributed by atoms with E-state index in [1.54, 1.807) is 12.0 Å². The van der Waals surface area contributed by atoms with Gasteiger partial charge in [0.1, 0.15) is 11.8 Å². The lowest BCUT2D eigenvalue weighted by Crippen LogP contribution is -2.56. The maximum atomic E-state index is 12.5. The van der Waals surface area contributed by atoms with Crippen LogP contribution in [0.3, 0.4) is 0 Å². The number of piperazine rings is 1. The van der Waals surface area contributed by atoms with Gasteiger partial charge in [-0.15, -0.1) is 0 Å². The van der Waals surface area contributed by atoms with Crippen LogP contribution < -0.4 is 15.0 Å². The normalized spacial score (nSPS) is 20.1. The average Bonchev–Trinajstić information content (AvgIpc) is 2.46. The fraction of sp³-hybridized carbons (Fsp3) is 0.500. The molecule has 1 aliphatic heterocycles. The van der Waals surface area contributed by atoms with Gasteiger partial charge in [-0.3, -0.25) is 9.69 Å². The number of likely N-dealkylation sites (N-methyl/N-ethyl adjacent to an activating group) is 2. The Morgan fingerprint density at radius 2 is 2.11 bits per heavy atom. The second kappa shape index (κ2) is 6.04. The Balaban J connectivity index is 2.08. The largest absolute Gasteiger partial charge is 0.497 e. The first-order chi connectivity index (χ1) is 9.13. The highest BCUT2D eigenvalue weighted by atomic mass is 16.5. The summed E-state index contributed by atoms with van der Waals surface area (Å²) in [7, 11) is 5.43. The lowest BCUT2D eigenvalue weighted by molar-refractivity contribution is -0.123. The molecule has 5 heteroatoms. The summed E-state index contributed by atoms with van der Waals surface area (Å²) in [4.78, 5) is 16.3. The van der Waals surface area contributed by atoms with Crippen molar-refractivity contribution in [1.82, 2.24) is 10.2 Å². The third-order valence-electron chi connectivity index (χ3n) is 3.59. The van der Waals surface area contributed by atoms with Gasteiger partial charge in [-0.25, -0.2) is 0 Å². The van der Waals surface area contributed by atoms with Gasteiger partial charge in [0.25, 0.3) is 0 Å². The monoisotopic (exact) mass is 263 g/mol. The van der Waals surface area contributed by atoms with E-state index in [0.29, 0.717) is 6.54 Å². The smallest absolute Gasteiger partial charge is 0.245 e. The van der Waals surface area contributed by atoms with Gasteiger partial charge >= 0.3 is 0 Å². The number of carbonyl (C=O) groups is 1. The summed E-state index contributed by atoms with van der Waals surface area (Å²) in [5.41, 5.74) is 0.879. The first-order valence-corrected chi connectivity index (χ1v) is 6.46. The molecule has 1 fully saturated rings. The van der Waals surface area contributed by atoms with Gasteiger partial charge in [-0.1, -0.05) is 0 Å². The molecule has 0 spiro atoms. The van der Waals surface area contributed by atoms with Crippen molar-refractivity contribution in [2.75, 3.05) is 45.7 Å². The maximum absolute atomic E-state index is 12.5. The van der Waals surface area contributed by atoms with Gasteiger partial charge < -0.3 is 15.0 Å². The highest BCUT2D eigenvalue weighted by molar-refractivity contribution is 5.97. The molecule has 2 rings (SSSR count). The third-order valence-corrected chi connectivity index (χ3v) is 3.59. The van der Waals surface area contributed by atoms with Crippen LogP contribution in [0.2, 0.25) is 0 Å². The number of nitrogens with one attached hydrogen (secondary N) is 1. The van der Waals surface area contributed by atoms with E-state index in [9.17, 15) is 4.79 Å². The van der Waals surface area contributed by atoms with Crippen LogP contribution in [-0.2, 0) is 4.79 Å². The molecule has 1 aliphatic rings. The molecule has 1 atom stereocenters. The van der Waals surface area contributed by atoms with Crippen LogP contribution in [0.4, 0.5) is 5.69 Å². The SMILES string of the molecule is COc1ccc(N(C)C(=O)C2CNCCN2C)cc1. The van der Waals surface area contributed by atoms with Crippen LogP contribution in [0.5, 0.6) is 5.75 Å². The Labute approximate surface area is 114 Å². The minimum atomic E-state index is -0.0964. The zero-order chi connectivity index (χ0) is 13.8. The number of nitrogens with zero attached hydrogens (tertiary/aromatic N) is 2. The van der Waals surface area contributed by atoms with E-state index in [0.717, 1.165) is 24.5 Å². The van der Waals surface area contributed by atoms with Crippen LogP contribution in [0.15, 0.2) is 24.3 Å². The van der Waals surface area contributed by atoms with Crippen molar-refractivity contribution < 1.29 is 9.53 Å². The van der Waals surface area contributed by atoms with E-state index >= 15 is 0 Å². The number of methoxy groups -OCH3 is 1. The van der Waals surface area contributed by atoms with E-state index in [1.807, 2.05) is 38.4 Å². The van der Waals surface area contributed by atoms with Crippen molar-refractivity contribution in [1.29, 1.82) is 0 Å². The fourth-order valence-corrected chi connectivity index (χ4v) is 2.24. The molecule has 0 aromatic heterocycles. The minimum absolute atomic E-state index is 0.0964. The van der Waals surface area contributed by atoms with E-state index in [-0.39, 0.29) is 11.9 Å². The summed E-state index contributed by atoms with van der Waals surface area (Å²) in [6.45, 7) is 2.54. The molecular weight excluding hydrogens is 242 g/mol. The Kier molecular flexibility index (Phi) is 4.39. The summed E-state index contributed by atoms with van der Waals surface area (Å²) >= 11 is 0. The predicted octanol–water partition coefficient (Wildman–Crippen LogP) is 0.562. The van der Waals surface area contributed by atoms with Crippen molar-refractivity contribution >= 4 is 11.6 Å². The summed E-state index contributed by atoms with van der Waals surface area (Å²) < 4.78 is 5.12. The zero-order valence-electron chi connectivity index (χ0n) is 11.7. The topological polar surface area (TPSA) is 44.8 Å². The van der Waals surface area contributed by atoms with Crippen molar-refractivity contribution in [3.8, 4) is 5.75 Å². The van der Waals surface area contributed by atoms with Gasteiger partial charge in [-0.2, -0.15) is 0 Å². The average molecular weight is 263 g/mol. The lowest BCUT2D eigenvalue weighted by atomic mass is 10.1. The molecule has 1 heterocycles. The molecule has 1 aromatic carbocycles. The second-order valence-electron chi connectivity index (χ2n) is 4.80. The number of rotatable bonds is 3. The predicted molar refractivity (Wildman–Crippen MR) is 75.7 cm³/mol.